The van der Waals surface area contributed by atoms with E-state index in [2.05, 4.69) is 18.0 Å². The van der Waals surface area contributed by atoms with Crippen LogP contribution in [0.15, 0.2) is 17.5 Å². The lowest BCUT2D eigenvalue weighted by Gasteiger charge is -1.90. The van der Waals surface area contributed by atoms with Gasteiger partial charge < -0.3 is 0 Å². The van der Waals surface area contributed by atoms with Crippen molar-refractivity contribution in [3.05, 3.63) is 28.1 Å². The van der Waals surface area contributed by atoms with Gasteiger partial charge in [-0.15, -0.1) is 22.7 Å². The van der Waals surface area contributed by atoms with Crippen molar-refractivity contribution in [2.24, 2.45) is 0 Å². The molecule has 0 aliphatic heterocycles. The predicted octanol–water partition coefficient (Wildman–Crippen LogP) is 3.70. The van der Waals surface area contributed by atoms with E-state index in [1.54, 1.807) is 11.3 Å². The highest BCUT2D eigenvalue weighted by atomic mass is 32.1. The third-order valence-corrected chi connectivity index (χ3v) is 4.06. The van der Waals surface area contributed by atoms with Crippen LogP contribution in [0, 0.1) is 11.3 Å². The van der Waals surface area contributed by atoms with Gasteiger partial charge in [0.05, 0.1) is 10.6 Å². The van der Waals surface area contributed by atoms with Gasteiger partial charge in [0, 0.05) is 0 Å². The molecule has 0 fully saturated rings. The molecule has 0 spiro atoms. The van der Waals surface area contributed by atoms with E-state index in [0.717, 1.165) is 33.3 Å². The SMILES string of the molecule is CCCc1nc(-c2cccs2)sc1C#N. The molecule has 76 valence electrons. The second-order valence-corrected chi connectivity index (χ2v) is 5.08. The molecule has 2 aromatic heterocycles. The number of hydrogen-bond acceptors (Lipinski definition) is 4. The fourth-order valence-corrected chi connectivity index (χ4v) is 3.06. The molecule has 0 aromatic carbocycles. The van der Waals surface area contributed by atoms with Crippen LogP contribution in [0.4, 0.5) is 0 Å². The average Bonchev–Trinajstić information content (AvgIpc) is 2.84. The van der Waals surface area contributed by atoms with Crippen molar-refractivity contribution < 1.29 is 0 Å². The first kappa shape index (κ1) is 10.3. The molecule has 2 rings (SSSR count). The van der Waals surface area contributed by atoms with Crippen molar-refractivity contribution in [1.29, 1.82) is 5.26 Å². The molecule has 2 nitrogen and oxygen atoms in total. The summed E-state index contributed by atoms with van der Waals surface area (Å²) in [6, 6.07) is 6.27. The van der Waals surface area contributed by atoms with Crippen LogP contribution in [0.25, 0.3) is 9.88 Å². The highest BCUT2D eigenvalue weighted by Crippen LogP contribution is 2.31. The van der Waals surface area contributed by atoms with Crippen molar-refractivity contribution in [3.63, 3.8) is 0 Å². The lowest BCUT2D eigenvalue weighted by atomic mass is 10.2. The Morgan fingerprint density at radius 1 is 1.53 bits per heavy atom. The van der Waals surface area contributed by atoms with E-state index in [0.29, 0.717) is 0 Å². The number of aryl methyl sites for hydroxylation is 1. The monoisotopic (exact) mass is 234 g/mol. The summed E-state index contributed by atoms with van der Waals surface area (Å²) in [4.78, 5) is 6.44. The Labute approximate surface area is 96.8 Å². The summed E-state index contributed by atoms with van der Waals surface area (Å²) in [7, 11) is 0. The zero-order valence-corrected chi connectivity index (χ0v) is 9.99. The van der Waals surface area contributed by atoms with Gasteiger partial charge in [-0.25, -0.2) is 4.98 Å². The van der Waals surface area contributed by atoms with Gasteiger partial charge >= 0.3 is 0 Å². The minimum absolute atomic E-state index is 0.764. The van der Waals surface area contributed by atoms with E-state index in [-0.39, 0.29) is 0 Å². The molecule has 0 atom stereocenters. The van der Waals surface area contributed by atoms with Gasteiger partial charge in [0.2, 0.25) is 0 Å². The second kappa shape index (κ2) is 4.56. The highest BCUT2D eigenvalue weighted by Gasteiger charge is 2.11. The van der Waals surface area contributed by atoms with E-state index < -0.39 is 0 Å². The Kier molecular flexibility index (Phi) is 3.14. The van der Waals surface area contributed by atoms with Crippen LogP contribution in [0.1, 0.15) is 23.9 Å². The van der Waals surface area contributed by atoms with Crippen LogP contribution in [-0.2, 0) is 6.42 Å². The Morgan fingerprint density at radius 3 is 3.00 bits per heavy atom. The van der Waals surface area contributed by atoms with Gasteiger partial charge in [-0.1, -0.05) is 19.4 Å². The van der Waals surface area contributed by atoms with Crippen LogP contribution in [-0.4, -0.2) is 4.98 Å². The quantitative estimate of drug-likeness (QED) is 0.812. The Balaban J connectivity index is 2.40. The normalized spacial score (nSPS) is 10.1. The van der Waals surface area contributed by atoms with Crippen LogP contribution in [0.5, 0.6) is 0 Å². The topological polar surface area (TPSA) is 36.7 Å². The van der Waals surface area contributed by atoms with Gasteiger partial charge in [-0.05, 0) is 17.9 Å². The first-order valence-corrected chi connectivity index (χ1v) is 6.48. The van der Waals surface area contributed by atoms with Gasteiger partial charge in [-0.2, -0.15) is 5.26 Å². The molecule has 0 aliphatic rings. The summed E-state index contributed by atoms with van der Waals surface area (Å²) >= 11 is 3.16. The third kappa shape index (κ3) is 2.09. The van der Waals surface area contributed by atoms with Crippen LogP contribution < -0.4 is 0 Å². The third-order valence-electron chi connectivity index (χ3n) is 2.02. The number of nitriles is 1. The maximum Gasteiger partial charge on any atom is 0.134 e. The lowest BCUT2D eigenvalue weighted by Crippen LogP contribution is -1.85. The number of nitrogens with zero attached hydrogens (tertiary/aromatic N) is 2. The molecule has 2 heterocycles. The first-order chi connectivity index (χ1) is 7.35. The Morgan fingerprint density at radius 2 is 2.40 bits per heavy atom. The molecule has 15 heavy (non-hydrogen) atoms. The summed E-state index contributed by atoms with van der Waals surface area (Å²) in [6.45, 7) is 2.10. The molecule has 4 heteroatoms. The molecule has 2 aromatic rings. The largest absolute Gasteiger partial charge is 0.239 e. The fourth-order valence-electron chi connectivity index (χ4n) is 1.35. The van der Waals surface area contributed by atoms with Gasteiger partial charge in [0.1, 0.15) is 16.0 Å². The van der Waals surface area contributed by atoms with E-state index in [1.807, 2.05) is 17.5 Å². The van der Waals surface area contributed by atoms with E-state index in [4.69, 9.17) is 5.26 Å². The minimum atomic E-state index is 0.764. The molecule has 0 N–H and O–H groups in total. The zero-order valence-electron chi connectivity index (χ0n) is 8.36. The summed E-state index contributed by atoms with van der Waals surface area (Å²) in [5.41, 5.74) is 0.952. The van der Waals surface area contributed by atoms with Gasteiger partial charge in [-0.3, -0.25) is 0 Å². The number of hydrogen-bond donors (Lipinski definition) is 0. The van der Waals surface area contributed by atoms with Crippen LogP contribution in [0.2, 0.25) is 0 Å². The first-order valence-electron chi connectivity index (χ1n) is 4.78. The molecule has 0 unspecified atom stereocenters. The standard InChI is InChI=1S/C11H10N2S2/c1-2-4-8-10(7-12)15-11(13-8)9-5-3-6-14-9/h3,5-6H,2,4H2,1H3. The number of thiophene rings is 1. The Bertz CT molecular complexity index is 477. The highest BCUT2D eigenvalue weighted by molar-refractivity contribution is 7.21. The summed E-state index contributed by atoms with van der Waals surface area (Å²) in [5.74, 6) is 0. The minimum Gasteiger partial charge on any atom is -0.239 e. The van der Waals surface area contributed by atoms with Crippen molar-refractivity contribution in [3.8, 4) is 16.0 Å². The summed E-state index contributed by atoms with van der Waals surface area (Å²) in [6.07, 6.45) is 1.92. The number of rotatable bonds is 3. The average molecular weight is 234 g/mol. The molecule has 0 aliphatic carbocycles. The van der Waals surface area contributed by atoms with Crippen LogP contribution in [0.3, 0.4) is 0 Å². The maximum atomic E-state index is 8.98. The number of thiazole rings is 1. The molecular weight excluding hydrogens is 224 g/mol. The van der Waals surface area contributed by atoms with E-state index in [9.17, 15) is 0 Å². The maximum absolute atomic E-state index is 8.98. The van der Waals surface area contributed by atoms with Crippen molar-refractivity contribution in [2.75, 3.05) is 0 Å². The van der Waals surface area contributed by atoms with Crippen LogP contribution >= 0.6 is 22.7 Å². The molecule has 0 saturated heterocycles. The summed E-state index contributed by atoms with van der Waals surface area (Å²) in [5, 5.41) is 12.0. The zero-order chi connectivity index (χ0) is 10.7. The van der Waals surface area contributed by atoms with E-state index in [1.165, 1.54) is 11.3 Å². The molecular formula is C11H10N2S2. The molecule has 0 saturated carbocycles. The van der Waals surface area contributed by atoms with Crippen molar-refractivity contribution in [1.82, 2.24) is 4.98 Å². The Hall–Kier alpha value is -1.18. The van der Waals surface area contributed by atoms with Gasteiger partial charge in [0.25, 0.3) is 0 Å². The second-order valence-electron chi connectivity index (χ2n) is 3.13. The molecule has 0 radical (unpaired) electrons. The molecule has 0 bridgehead atoms. The van der Waals surface area contributed by atoms with Gasteiger partial charge in [0.15, 0.2) is 0 Å². The number of aromatic nitrogens is 1. The lowest BCUT2D eigenvalue weighted by molar-refractivity contribution is 0.891. The molecule has 0 amide bonds. The summed E-state index contributed by atoms with van der Waals surface area (Å²) < 4.78 is 0. The van der Waals surface area contributed by atoms with Crippen molar-refractivity contribution >= 4 is 22.7 Å². The van der Waals surface area contributed by atoms with E-state index >= 15 is 0 Å². The smallest absolute Gasteiger partial charge is 0.134 e. The van der Waals surface area contributed by atoms with Crippen molar-refractivity contribution in [2.45, 2.75) is 19.8 Å². The predicted molar refractivity (Wildman–Crippen MR) is 64.1 cm³/mol. The fraction of sp³-hybridized carbons (Fsp3) is 0.273.